The monoisotopic (exact) mass is 228 g/mol. The molecule has 0 aliphatic heterocycles. The Kier molecular flexibility index (Phi) is 2.18. The molecule has 0 fully saturated rings. The fourth-order valence-corrected chi connectivity index (χ4v) is 3.22. The van der Waals surface area contributed by atoms with Gasteiger partial charge in [0.05, 0.1) is 4.88 Å². The van der Waals surface area contributed by atoms with Crippen molar-refractivity contribution in [2.75, 3.05) is 0 Å². The van der Waals surface area contributed by atoms with Crippen LogP contribution < -0.4 is 0 Å². The summed E-state index contributed by atoms with van der Waals surface area (Å²) in [4.78, 5) is 12.8. The first-order valence-corrected chi connectivity index (χ1v) is 6.31. The highest BCUT2D eigenvalue weighted by Crippen LogP contribution is 2.40. The zero-order chi connectivity index (χ0) is 11.1. The van der Waals surface area contributed by atoms with E-state index >= 15 is 0 Å². The first-order chi connectivity index (χ1) is 7.75. The van der Waals surface area contributed by atoms with E-state index in [2.05, 4.69) is 37.3 Å². The highest BCUT2D eigenvalue weighted by Gasteiger charge is 2.31. The summed E-state index contributed by atoms with van der Waals surface area (Å²) in [5.41, 5.74) is 3.74. The van der Waals surface area contributed by atoms with Crippen LogP contribution in [0.5, 0.6) is 0 Å². The predicted molar refractivity (Wildman–Crippen MR) is 66.3 cm³/mol. The summed E-state index contributed by atoms with van der Waals surface area (Å²) in [5, 5.41) is 2.02. The van der Waals surface area contributed by atoms with Gasteiger partial charge in [-0.1, -0.05) is 29.8 Å². The highest BCUT2D eigenvalue weighted by molar-refractivity contribution is 7.12. The number of ketones is 1. The molecule has 1 aromatic carbocycles. The van der Waals surface area contributed by atoms with E-state index in [9.17, 15) is 4.79 Å². The Labute approximate surface area is 98.7 Å². The molecule has 0 saturated carbocycles. The number of fused-ring (bicyclic) bond motifs is 1. The van der Waals surface area contributed by atoms with E-state index in [1.165, 1.54) is 16.7 Å². The molecule has 1 heterocycles. The van der Waals surface area contributed by atoms with Crippen molar-refractivity contribution in [3.63, 3.8) is 0 Å². The molecule has 2 heteroatoms. The number of carbonyl (C=O) groups excluding carboxylic acids is 1. The molecule has 1 atom stereocenters. The molecule has 0 amide bonds. The molecule has 1 aromatic heterocycles. The van der Waals surface area contributed by atoms with Crippen molar-refractivity contribution < 1.29 is 4.79 Å². The molecule has 3 rings (SSSR count). The number of aryl methyl sites for hydroxylation is 1. The van der Waals surface area contributed by atoms with Crippen molar-refractivity contribution >= 4 is 17.1 Å². The Balaban J connectivity index is 2.05. The van der Waals surface area contributed by atoms with Crippen LogP contribution >= 0.6 is 11.3 Å². The molecule has 2 aromatic rings. The van der Waals surface area contributed by atoms with Crippen LogP contribution in [0.15, 0.2) is 35.7 Å². The van der Waals surface area contributed by atoms with Gasteiger partial charge in [0.25, 0.3) is 0 Å². The molecule has 0 saturated heterocycles. The largest absolute Gasteiger partial charge is 0.293 e. The molecule has 0 spiro atoms. The molecule has 80 valence electrons. The minimum absolute atomic E-state index is 0.286. The molecule has 1 unspecified atom stereocenters. The first kappa shape index (κ1) is 9.79. The fourth-order valence-electron chi connectivity index (χ4n) is 2.30. The molecule has 0 N–H and O–H groups in total. The highest BCUT2D eigenvalue weighted by atomic mass is 32.1. The van der Waals surface area contributed by atoms with Crippen molar-refractivity contribution in [2.24, 2.45) is 0 Å². The predicted octanol–water partition coefficient (Wildman–Crippen LogP) is 3.77. The number of thiophene rings is 1. The lowest BCUT2D eigenvalue weighted by Crippen LogP contribution is -1.96. The molecule has 1 aliphatic rings. The second kappa shape index (κ2) is 3.56. The minimum Gasteiger partial charge on any atom is -0.293 e. The molecular weight excluding hydrogens is 216 g/mol. The number of benzene rings is 1. The van der Waals surface area contributed by atoms with Gasteiger partial charge in [0.15, 0.2) is 5.78 Å². The van der Waals surface area contributed by atoms with Crippen molar-refractivity contribution in [2.45, 2.75) is 19.3 Å². The van der Waals surface area contributed by atoms with Crippen LogP contribution in [0.2, 0.25) is 0 Å². The number of rotatable bonds is 1. The zero-order valence-corrected chi connectivity index (χ0v) is 9.88. The molecular formula is C14H12OS. The Morgan fingerprint density at radius 1 is 1.19 bits per heavy atom. The summed E-state index contributed by atoms with van der Waals surface area (Å²) in [7, 11) is 0. The summed E-state index contributed by atoms with van der Waals surface area (Å²) in [6.07, 6.45) is 0.644. The van der Waals surface area contributed by atoms with Gasteiger partial charge < -0.3 is 0 Å². The molecule has 1 aliphatic carbocycles. The third kappa shape index (κ3) is 1.41. The van der Waals surface area contributed by atoms with Gasteiger partial charge in [0, 0.05) is 12.3 Å². The number of hydrogen-bond acceptors (Lipinski definition) is 2. The van der Waals surface area contributed by atoms with Crippen molar-refractivity contribution in [3.8, 4) is 0 Å². The summed E-state index contributed by atoms with van der Waals surface area (Å²) in [5.74, 6) is 0.588. The SMILES string of the molecule is Cc1ccc(C2CC(=O)c3sccc32)cc1. The van der Waals surface area contributed by atoms with E-state index in [0.717, 1.165) is 4.88 Å². The average Bonchev–Trinajstić information content (AvgIpc) is 2.84. The van der Waals surface area contributed by atoms with Crippen LogP contribution in [-0.4, -0.2) is 5.78 Å². The van der Waals surface area contributed by atoms with Gasteiger partial charge in [-0.15, -0.1) is 11.3 Å². The van der Waals surface area contributed by atoms with Crippen molar-refractivity contribution in [1.29, 1.82) is 0 Å². The summed E-state index contributed by atoms with van der Waals surface area (Å²) in [6.45, 7) is 2.08. The van der Waals surface area contributed by atoms with E-state index in [1.54, 1.807) is 11.3 Å². The lowest BCUT2D eigenvalue weighted by Gasteiger charge is -2.09. The van der Waals surface area contributed by atoms with Crippen LogP contribution in [0.3, 0.4) is 0 Å². The zero-order valence-electron chi connectivity index (χ0n) is 9.07. The third-order valence-electron chi connectivity index (χ3n) is 3.19. The first-order valence-electron chi connectivity index (χ1n) is 5.43. The Morgan fingerprint density at radius 3 is 2.69 bits per heavy atom. The van der Waals surface area contributed by atoms with E-state index in [-0.39, 0.29) is 5.92 Å². The summed E-state index contributed by atoms with van der Waals surface area (Å²) < 4.78 is 0. The van der Waals surface area contributed by atoms with Crippen LogP contribution in [0, 0.1) is 6.92 Å². The van der Waals surface area contributed by atoms with Crippen LogP contribution in [-0.2, 0) is 0 Å². The molecule has 0 bridgehead atoms. The Bertz CT molecular complexity index is 536. The quantitative estimate of drug-likeness (QED) is 0.726. The van der Waals surface area contributed by atoms with Gasteiger partial charge in [-0.2, -0.15) is 0 Å². The normalized spacial score (nSPS) is 18.8. The third-order valence-corrected chi connectivity index (χ3v) is 4.16. The summed E-state index contributed by atoms with van der Waals surface area (Å²) in [6, 6.07) is 10.6. The molecule has 1 nitrogen and oxygen atoms in total. The maximum atomic E-state index is 11.8. The van der Waals surface area contributed by atoms with Gasteiger partial charge in [-0.25, -0.2) is 0 Å². The van der Waals surface area contributed by atoms with Crippen LogP contribution in [0.25, 0.3) is 0 Å². The van der Waals surface area contributed by atoms with Gasteiger partial charge in [-0.3, -0.25) is 4.79 Å². The van der Waals surface area contributed by atoms with E-state index < -0.39 is 0 Å². The van der Waals surface area contributed by atoms with Gasteiger partial charge in [0.1, 0.15) is 0 Å². The average molecular weight is 228 g/mol. The van der Waals surface area contributed by atoms with Crippen LogP contribution in [0.4, 0.5) is 0 Å². The lowest BCUT2D eigenvalue weighted by molar-refractivity contribution is 0.0994. The molecule has 0 radical (unpaired) electrons. The fraction of sp³-hybridized carbons (Fsp3) is 0.214. The topological polar surface area (TPSA) is 17.1 Å². The molecule has 16 heavy (non-hydrogen) atoms. The van der Waals surface area contributed by atoms with Gasteiger partial charge in [0.2, 0.25) is 0 Å². The van der Waals surface area contributed by atoms with Crippen molar-refractivity contribution in [3.05, 3.63) is 57.3 Å². The van der Waals surface area contributed by atoms with E-state index in [4.69, 9.17) is 0 Å². The summed E-state index contributed by atoms with van der Waals surface area (Å²) >= 11 is 1.57. The van der Waals surface area contributed by atoms with E-state index in [0.29, 0.717) is 12.2 Å². The minimum atomic E-state index is 0.286. The smallest absolute Gasteiger partial charge is 0.174 e. The lowest BCUT2D eigenvalue weighted by atomic mass is 9.94. The standard InChI is InChI=1S/C14H12OS/c1-9-2-4-10(5-3-9)12-8-13(15)14-11(12)6-7-16-14/h2-7,12H,8H2,1H3. The van der Waals surface area contributed by atoms with Gasteiger partial charge in [-0.05, 0) is 29.5 Å². The van der Waals surface area contributed by atoms with Crippen LogP contribution in [0.1, 0.15) is 38.7 Å². The number of carbonyl (C=O) groups is 1. The second-order valence-electron chi connectivity index (χ2n) is 4.30. The number of hydrogen-bond donors (Lipinski definition) is 0. The van der Waals surface area contributed by atoms with E-state index in [1.807, 2.05) is 5.38 Å². The maximum Gasteiger partial charge on any atom is 0.174 e. The Hall–Kier alpha value is -1.41. The van der Waals surface area contributed by atoms with Crippen molar-refractivity contribution in [1.82, 2.24) is 0 Å². The second-order valence-corrected chi connectivity index (χ2v) is 5.21. The number of Topliss-reactive ketones (excluding diaryl/α,β-unsaturated/α-hetero) is 1. The Morgan fingerprint density at radius 2 is 1.94 bits per heavy atom. The maximum absolute atomic E-state index is 11.8. The van der Waals surface area contributed by atoms with Gasteiger partial charge >= 0.3 is 0 Å².